The van der Waals surface area contributed by atoms with Crippen LogP contribution in [0.25, 0.3) is 38.6 Å². The molecule has 38 heavy (non-hydrogen) atoms. The maximum atomic E-state index is 6.71. The predicted molar refractivity (Wildman–Crippen MR) is 153 cm³/mol. The first kappa shape index (κ1) is 23.3. The fourth-order valence-corrected chi connectivity index (χ4v) is 5.80. The van der Waals surface area contributed by atoms with Crippen LogP contribution in [0, 0.1) is 0 Å². The van der Waals surface area contributed by atoms with Crippen molar-refractivity contribution in [3.05, 3.63) is 95.4 Å². The number of hydrogen-bond donors (Lipinski definition) is 1. The Balaban J connectivity index is 1.32. The van der Waals surface area contributed by atoms with Gasteiger partial charge in [-0.15, -0.1) is 0 Å². The van der Waals surface area contributed by atoms with Gasteiger partial charge in [0.25, 0.3) is 0 Å². The number of nitrogens with one attached hydrogen (secondary N) is 1. The maximum Gasteiger partial charge on any atom is 0.155 e. The van der Waals surface area contributed by atoms with Gasteiger partial charge in [-0.05, 0) is 35.5 Å². The van der Waals surface area contributed by atoms with E-state index in [1.807, 2.05) is 24.4 Å². The van der Waals surface area contributed by atoms with Crippen molar-refractivity contribution in [1.82, 2.24) is 34.1 Å². The molecule has 0 saturated carbocycles. The van der Waals surface area contributed by atoms with Crippen LogP contribution in [0.4, 0.5) is 0 Å². The molecule has 1 aliphatic heterocycles. The minimum Gasteiger partial charge on any atom is -0.342 e. The minimum absolute atomic E-state index is 0.468. The number of piperazine rings is 1. The zero-order chi connectivity index (χ0) is 25.6. The molecule has 1 aliphatic rings. The van der Waals surface area contributed by atoms with Gasteiger partial charge in [0, 0.05) is 50.6 Å². The number of hydrogen-bond acceptors (Lipinski definition) is 5. The Kier molecular flexibility index (Phi) is 5.84. The third-order valence-corrected chi connectivity index (χ3v) is 7.89. The lowest BCUT2D eigenvalue weighted by molar-refractivity contribution is 0.145. The molecule has 7 nitrogen and oxygen atoms in total. The number of H-pyrrole nitrogens is 1. The summed E-state index contributed by atoms with van der Waals surface area (Å²) in [5.74, 6) is 1.94. The zero-order valence-electron chi connectivity index (χ0n) is 21.2. The molecule has 0 bridgehead atoms. The molecule has 0 spiro atoms. The molecule has 8 heteroatoms. The van der Waals surface area contributed by atoms with Gasteiger partial charge in [-0.1, -0.05) is 60.1 Å². The Hall–Kier alpha value is -3.78. The van der Waals surface area contributed by atoms with Gasteiger partial charge in [-0.2, -0.15) is 0 Å². The van der Waals surface area contributed by atoms with Crippen LogP contribution in [0.5, 0.6) is 0 Å². The fourth-order valence-electron chi connectivity index (χ4n) is 5.56. The number of nitrogens with zero attached hydrogens (tertiary/aromatic N) is 6. The second kappa shape index (κ2) is 9.51. The van der Waals surface area contributed by atoms with Crippen molar-refractivity contribution >= 4 is 38.9 Å². The summed E-state index contributed by atoms with van der Waals surface area (Å²) in [5.41, 5.74) is 6.05. The van der Waals surface area contributed by atoms with Crippen molar-refractivity contribution < 1.29 is 0 Å². The number of halogens is 1. The molecular formula is C30H28ClN7. The number of rotatable bonds is 5. The van der Waals surface area contributed by atoms with Crippen molar-refractivity contribution in [1.29, 1.82) is 0 Å². The number of aromatic amines is 1. The Labute approximate surface area is 225 Å². The lowest BCUT2D eigenvalue weighted by atomic mass is 9.96. The number of fused-ring (bicyclic) bond motifs is 3. The first-order valence-corrected chi connectivity index (χ1v) is 13.4. The van der Waals surface area contributed by atoms with Crippen LogP contribution in [-0.2, 0) is 13.0 Å². The number of imidazole rings is 2. The number of para-hydroxylation sites is 2. The molecule has 0 unspecified atom stereocenters. The van der Waals surface area contributed by atoms with Crippen LogP contribution in [0.15, 0.2) is 73.1 Å². The van der Waals surface area contributed by atoms with Crippen LogP contribution >= 0.6 is 11.6 Å². The molecule has 1 fully saturated rings. The zero-order valence-corrected chi connectivity index (χ0v) is 22.0. The van der Waals surface area contributed by atoms with E-state index in [1.165, 1.54) is 10.9 Å². The molecule has 0 atom stereocenters. The second-order valence-electron chi connectivity index (χ2n) is 10.1. The number of aromatic nitrogens is 5. The van der Waals surface area contributed by atoms with E-state index in [0.717, 1.165) is 84.0 Å². The van der Waals surface area contributed by atoms with Crippen molar-refractivity contribution in [2.24, 2.45) is 0 Å². The normalized spacial score (nSPS) is 15.2. The lowest BCUT2D eigenvalue weighted by Gasteiger charge is -2.31. The van der Waals surface area contributed by atoms with Gasteiger partial charge in [0.2, 0.25) is 0 Å². The SMILES string of the molecule is CN1CCN(Cc2nc(-c3ccc(Cc4nc5ccccc5[nH]4)c4ccccc34)c3c(Cl)nccn23)CC1. The summed E-state index contributed by atoms with van der Waals surface area (Å²) in [4.78, 5) is 22.7. The van der Waals surface area contributed by atoms with Gasteiger partial charge in [0.15, 0.2) is 5.15 Å². The summed E-state index contributed by atoms with van der Waals surface area (Å²) in [6.45, 7) is 4.96. The summed E-state index contributed by atoms with van der Waals surface area (Å²) in [5, 5.41) is 2.80. The smallest absolute Gasteiger partial charge is 0.155 e. The van der Waals surface area contributed by atoms with E-state index in [-0.39, 0.29) is 0 Å². The predicted octanol–water partition coefficient (Wildman–Crippen LogP) is 5.42. The van der Waals surface area contributed by atoms with Gasteiger partial charge in [0.1, 0.15) is 22.9 Å². The highest BCUT2D eigenvalue weighted by Gasteiger charge is 2.22. The third-order valence-electron chi connectivity index (χ3n) is 7.61. The largest absolute Gasteiger partial charge is 0.342 e. The fraction of sp³-hybridized carbons (Fsp3) is 0.233. The summed E-state index contributed by atoms with van der Waals surface area (Å²) in [7, 11) is 2.18. The van der Waals surface area contributed by atoms with Gasteiger partial charge >= 0.3 is 0 Å². The molecule has 7 rings (SSSR count). The van der Waals surface area contributed by atoms with Gasteiger partial charge in [-0.3, -0.25) is 9.30 Å². The Morgan fingerprint density at radius 2 is 1.68 bits per heavy atom. The van der Waals surface area contributed by atoms with Crippen molar-refractivity contribution in [3.8, 4) is 11.3 Å². The van der Waals surface area contributed by atoms with E-state index < -0.39 is 0 Å². The monoisotopic (exact) mass is 521 g/mol. The average molecular weight is 522 g/mol. The first-order valence-electron chi connectivity index (χ1n) is 13.0. The van der Waals surface area contributed by atoms with Crippen LogP contribution in [0.2, 0.25) is 5.15 Å². The number of benzene rings is 3. The van der Waals surface area contributed by atoms with Crippen LogP contribution in [-0.4, -0.2) is 67.4 Å². The summed E-state index contributed by atoms with van der Waals surface area (Å²) < 4.78 is 2.11. The number of likely N-dealkylation sites (N-methyl/N-ethyl adjacent to an activating group) is 1. The first-order chi connectivity index (χ1) is 18.6. The standard InChI is InChI=1S/C30H28ClN7/c1-36-14-16-37(17-15-36)19-27-35-28(29-30(31)32-12-13-38(27)29)23-11-10-20(21-6-2-3-7-22(21)23)18-26-33-24-8-4-5-9-25(24)34-26/h2-13H,14-19H2,1H3,(H,33,34). The minimum atomic E-state index is 0.468. The van der Waals surface area contributed by atoms with Gasteiger partial charge in [-0.25, -0.2) is 15.0 Å². The molecular weight excluding hydrogens is 494 g/mol. The lowest BCUT2D eigenvalue weighted by Crippen LogP contribution is -2.44. The van der Waals surface area contributed by atoms with E-state index in [4.69, 9.17) is 21.6 Å². The molecule has 0 radical (unpaired) electrons. The molecule has 0 aliphatic carbocycles. The average Bonchev–Trinajstić information content (AvgIpc) is 3.52. The molecule has 3 aromatic carbocycles. The van der Waals surface area contributed by atoms with E-state index in [9.17, 15) is 0 Å². The molecule has 3 aromatic heterocycles. The third kappa shape index (κ3) is 4.13. The summed E-state index contributed by atoms with van der Waals surface area (Å²) >= 11 is 6.71. The van der Waals surface area contributed by atoms with Crippen molar-refractivity contribution in [3.63, 3.8) is 0 Å². The molecule has 190 valence electrons. The van der Waals surface area contributed by atoms with Crippen LogP contribution < -0.4 is 0 Å². The van der Waals surface area contributed by atoms with E-state index in [2.05, 4.69) is 73.7 Å². The van der Waals surface area contributed by atoms with Crippen molar-refractivity contribution in [2.75, 3.05) is 33.2 Å². The Morgan fingerprint density at radius 1 is 0.895 bits per heavy atom. The van der Waals surface area contributed by atoms with Crippen LogP contribution in [0.3, 0.4) is 0 Å². The molecule has 1 N–H and O–H groups in total. The Bertz CT molecular complexity index is 1750. The molecule has 6 aromatic rings. The summed E-state index contributed by atoms with van der Waals surface area (Å²) in [6, 6.07) is 21.0. The highest BCUT2D eigenvalue weighted by Crippen LogP contribution is 2.36. The van der Waals surface area contributed by atoms with Gasteiger partial charge in [0.05, 0.1) is 17.6 Å². The highest BCUT2D eigenvalue weighted by atomic mass is 35.5. The second-order valence-corrected chi connectivity index (χ2v) is 10.4. The Morgan fingerprint density at radius 3 is 2.53 bits per heavy atom. The highest BCUT2D eigenvalue weighted by molar-refractivity contribution is 6.33. The quantitative estimate of drug-likeness (QED) is 0.328. The van der Waals surface area contributed by atoms with E-state index in [0.29, 0.717) is 5.15 Å². The molecule has 0 amide bonds. The van der Waals surface area contributed by atoms with Gasteiger partial charge < -0.3 is 9.88 Å². The summed E-state index contributed by atoms with van der Waals surface area (Å²) in [6.07, 6.45) is 4.44. The van der Waals surface area contributed by atoms with Crippen molar-refractivity contribution in [2.45, 2.75) is 13.0 Å². The molecule has 1 saturated heterocycles. The topological polar surface area (TPSA) is 65.4 Å². The van der Waals surface area contributed by atoms with E-state index >= 15 is 0 Å². The van der Waals surface area contributed by atoms with Crippen LogP contribution in [0.1, 0.15) is 17.2 Å². The van der Waals surface area contributed by atoms with E-state index in [1.54, 1.807) is 6.20 Å². The maximum absolute atomic E-state index is 6.71. The molecule has 4 heterocycles.